The van der Waals surface area contributed by atoms with Gasteiger partial charge < -0.3 is 4.74 Å². The monoisotopic (exact) mass is 319 g/mol. The van der Waals surface area contributed by atoms with Crippen LogP contribution in [-0.4, -0.2) is 22.1 Å². The van der Waals surface area contributed by atoms with E-state index in [-0.39, 0.29) is 4.90 Å². The zero-order chi connectivity index (χ0) is 16.3. The lowest BCUT2D eigenvalue weighted by Crippen LogP contribution is -2.31. The van der Waals surface area contributed by atoms with E-state index in [9.17, 15) is 8.42 Å². The van der Waals surface area contributed by atoms with Crippen LogP contribution in [0.2, 0.25) is 0 Å². The highest BCUT2D eigenvalue weighted by Gasteiger charge is 2.25. The summed E-state index contributed by atoms with van der Waals surface area (Å²) < 4.78 is 32.6. The van der Waals surface area contributed by atoms with E-state index < -0.39 is 10.0 Å². The van der Waals surface area contributed by atoms with Gasteiger partial charge in [0.05, 0.1) is 17.7 Å². The smallest absolute Gasteiger partial charge is 0.264 e. The van der Waals surface area contributed by atoms with E-state index in [0.29, 0.717) is 18.0 Å². The summed E-state index contributed by atoms with van der Waals surface area (Å²) in [5.74, 6) is 0.545. The first-order valence-corrected chi connectivity index (χ1v) is 8.58. The molecule has 0 aliphatic carbocycles. The minimum atomic E-state index is -3.62. The number of hydrogen-bond acceptors (Lipinski definition) is 3. The third-order valence-corrected chi connectivity index (χ3v) is 5.40. The zero-order valence-electron chi connectivity index (χ0n) is 13.3. The normalized spacial score (nSPS) is 11.3. The van der Waals surface area contributed by atoms with Crippen molar-refractivity contribution in [2.75, 3.05) is 18.0 Å². The van der Waals surface area contributed by atoms with Crippen LogP contribution in [-0.2, 0) is 10.0 Å². The van der Waals surface area contributed by atoms with Crippen LogP contribution in [0.15, 0.2) is 47.4 Å². The molecule has 118 valence electrons. The summed E-state index contributed by atoms with van der Waals surface area (Å²) in [6, 6.07) is 12.4. The summed E-state index contributed by atoms with van der Waals surface area (Å²) in [5.41, 5.74) is 2.56. The van der Waals surface area contributed by atoms with Gasteiger partial charge in [-0.2, -0.15) is 0 Å². The maximum absolute atomic E-state index is 12.9. The van der Waals surface area contributed by atoms with Crippen LogP contribution in [0.25, 0.3) is 0 Å². The number of aryl methyl sites for hydroxylation is 2. The minimum absolute atomic E-state index is 0.281. The van der Waals surface area contributed by atoms with Gasteiger partial charge in [0.2, 0.25) is 0 Å². The van der Waals surface area contributed by atoms with Crippen LogP contribution in [0.1, 0.15) is 18.1 Å². The lowest BCUT2D eigenvalue weighted by molar-refractivity contribution is 0.415. The van der Waals surface area contributed by atoms with E-state index in [1.165, 1.54) is 4.31 Å². The molecule has 0 radical (unpaired) electrons. The second kappa shape index (κ2) is 6.40. The summed E-state index contributed by atoms with van der Waals surface area (Å²) in [5, 5.41) is 0. The van der Waals surface area contributed by atoms with Crippen LogP contribution in [0.3, 0.4) is 0 Å². The molecular formula is C17H21NO3S. The van der Waals surface area contributed by atoms with Crippen molar-refractivity contribution in [3.05, 3.63) is 53.6 Å². The number of methoxy groups -OCH3 is 1. The quantitative estimate of drug-likeness (QED) is 0.847. The average molecular weight is 319 g/mol. The molecule has 0 amide bonds. The Morgan fingerprint density at radius 3 is 2.14 bits per heavy atom. The average Bonchev–Trinajstić information content (AvgIpc) is 2.48. The third kappa shape index (κ3) is 3.09. The predicted octanol–water partition coefficient (Wildman–Crippen LogP) is 3.53. The molecule has 0 aliphatic rings. The molecule has 2 rings (SSSR count). The highest BCUT2D eigenvalue weighted by molar-refractivity contribution is 7.92. The Hall–Kier alpha value is -2.01. The van der Waals surface area contributed by atoms with Crippen LogP contribution in [0.5, 0.6) is 5.75 Å². The molecule has 4 nitrogen and oxygen atoms in total. The predicted molar refractivity (Wildman–Crippen MR) is 89.1 cm³/mol. The summed E-state index contributed by atoms with van der Waals surface area (Å²) in [7, 11) is -2.07. The van der Waals surface area contributed by atoms with E-state index in [1.807, 2.05) is 32.9 Å². The fourth-order valence-corrected chi connectivity index (χ4v) is 3.78. The number of nitrogens with zero attached hydrogens (tertiary/aromatic N) is 1. The molecule has 2 aromatic carbocycles. The molecule has 0 fully saturated rings. The number of sulfonamides is 1. The first kappa shape index (κ1) is 16.4. The van der Waals surface area contributed by atoms with E-state index in [4.69, 9.17) is 4.74 Å². The highest BCUT2D eigenvalue weighted by atomic mass is 32.2. The Bertz CT molecular complexity index is 752. The van der Waals surface area contributed by atoms with Crippen molar-refractivity contribution in [2.45, 2.75) is 25.7 Å². The lowest BCUT2D eigenvalue weighted by atomic mass is 10.2. The maximum atomic E-state index is 12.9. The molecule has 5 heteroatoms. The van der Waals surface area contributed by atoms with Gasteiger partial charge in [0.1, 0.15) is 5.75 Å². The van der Waals surface area contributed by atoms with E-state index >= 15 is 0 Å². The van der Waals surface area contributed by atoms with Crippen molar-refractivity contribution in [2.24, 2.45) is 0 Å². The summed E-state index contributed by atoms with van der Waals surface area (Å²) in [6.07, 6.45) is 0. The van der Waals surface area contributed by atoms with E-state index in [1.54, 1.807) is 37.4 Å². The van der Waals surface area contributed by atoms with Crippen LogP contribution >= 0.6 is 0 Å². The van der Waals surface area contributed by atoms with Crippen molar-refractivity contribution < 1.29 is 13.2 Å². The molecule has 0 unspecified atom stereocenters. The van der Waals surface area contributed by atoms with Crippen LogP contribution in [0, 0.1) is 13.8 Å². The maximum Gasteiger partial charge on any atom is 0.264 e. The van der Waals surface area contributed by atoms with Crippen molar-refractivity contribution in [1.29, 1.82) is 0 Å². The standard InChI is InChI=1S/C17H21NO3S/c1-5-18(16-12-14(3)8-11-17(16)21-4)22(19,20)15-9-6-13(2)7-10-15/h6-12H,5H2,1-4H3. The second-order valence-electron chi connectivity index (χ2n) is 5.16. The van der Waals surface area contributed by atoms with Crippen molar-refractivity contribution >= 4 is 15.7 Å². The van der Waals surface area contributed by atoms with E-state index in [2.05, 4.69) is 0 Å². The van der Waals surface area contributed by atoms with Gasteiger partial charge in [-0.25, -0.2) is 8.42 Å². The fourth-order valence-electron chi connectivity index (χ4n) is 2.30. The number of benzene rings is 2. The van der Waals surface area contributed by atoms with Gasteiger partial charge in [-0.15, -0.1) is 0 Å². The first-order chi connectivity index (χ1) is 10.4. The Morgan fingerprint density at radius 1 is 1.00 bits per heavy atom. The second-order valence-corrected chi connectivity index (χ2v) is 7.02. The van der Waals surface area contributed by atoms with Crippen molar-refractivity contribution in [1.82, 2.24) is 0 Å². The first-order valence-electron chi connectivity index (χ1n) is 7.14. The Kier molecular flexibility index (Phi) is 4.76. The number of hydrogen-bond donors (Lipinski definition) is 0. The SMILES string of the molecule is CCN(c1cc(C)ccc1OC)S(=O)(=O)c1ccc(C)cc1. The molecule has 0 bridgehead atoms. The third-order valence-electron chi connectivity index (χ3n) is 3.50. The van der Waals surface area contributed by atoms with Crippen molar-refractivity contribution in [3.63, 3.8) is 0 Å². The zero-order valence-corrected chi connectivity index (χ0v) is 14.1. The molecule has 0 atom stereocenters. The largest absolute Gasteiger partial charge is 0.495 e. The molecule has 0 spiro atoms. The fraction of sp³-hybridized carbons (Fsp3) is 0.294. The number of ether oxygens (including phenoxy) is 1. The molecule has 0 heterocycles. The molecule has 2 aromatic rings. The van der Waals surface area contributed by atoms with Gasteiger partial charge in [-0.1, -0.05) is 23.8 Å². The highest BCUT2D eigenvalue weighted by Crippen LogP contribution is 2.33. The van der Waals surface area contributed by atoms with Gasteiger partial charge in [0.15, 0.2) is 0 Å². The molecule has 0 aromatic heterocycles. The molecular weight excluding hydrogens is 298 g/mol. The van der Waals surface area contributed by atoms with E-state index in [0.717, 1.165) is 11.1 Å². The van der Waals surface area contributed by atoms with Crippen LogP contribution in [0.4, 0.5) is 5.69 Å². The van der Waals surface area contributed by atoms with Crippen LogP contribution < -0.4 is 9.04 Å². The van der Waals surface area contributed by atoms with Gasteiger partial charge in [0.25, 0.3) is 10.0 Å². The Morgan fingerprint density at radius 2 is 1.59 bits per heavy atom. The summed E-state index contributed by atoms with van der Waals surface area (Å²) >= 11 is 0. The van der Waals surface area contributed by atoms with Gasteiger partial charge >= 0.3 is 0 Å². The summed E-state index contributed by atoms with van der Waals surface area (Å²) in [4.78, 5) is 0.281. The minimum Gasteiger partial charge on any atom is -0.495 e. The lowest BCUT2D eigenvalue weighted by Gasteiger charge is -2.25. The topological polar surface area (TPSA) is 46.6 Å². The Labute approximate surface area is 132 Å². The molecule has 0 saturated heterocycles. The van der Waals surface area contributed by atoms with Gasteiger partial charge in [-0.05, 0) is 50.6 Å². The molecule has 0 saturated carbocycles. The number of anilines is 1. The number of rotatable bonds is 5. The van der Waals surface area contributed by atoms with Gasteiger partial charge in [-0.3, -0.25) is 4.31 Å². The molecule has 0 aliphatic heterocycles. The van der Waals surface area contributed by atoms with Crippen molar-refractivity contribution in [3.8, 4) is 5.75 Å². The summed E-state index contributed by atoms with van der Waals surface area (Å²) in [6.45, 7) is 6.00. The Balaban J connectivity index is 2.56. The molecule has 22 heavy (non-hydrogen) atoms. The van der Waals surface area contributed by atoms with Gasteiger partial charge in [0, 0.05) is 6.54 Å². The molecule has 0 N–H and O–H groups in total.